The second-order valence-corrected chi connectivity index (χ2v) is 7.71. The second kappa shape index (κ2) is 8.15. The summed E-state index contributed by atoms with van der Waals surface area (Å²) in [5, 5.41) is 15.8. The van der Waals surface area contributed by atoms with E-state index in [9.17, 15) is 5.11 Å². The molecule has 23 heavy (non-hydrogen) atoms. The van der Waals surface area contributed by atoms with E-state index in [0.29, 0.717) is 5.92 Å². The van der Waals surface area contributed by atoms with Gasteiger partial charge in [-0.05, 0) is 13.0 Å². The summed E-state index contributed by atoms with van der Waals surface area (Å²) in [5.74, 6) is 0.471. The molecule has 0 aliphatic carbocycles. The van der Waals surface area contributed by atoms with Crippen LogP contribution in [0.3, 0.4) is 0 Å². The molecule has 0 saturated heterocycles. The maximum absolute atomic E-state index is 9.68. The number of rotatable bonds is 7. The third-order valence-corrected chi connectivity index (χ3v) is 5.79. The number of aliphatic hydroxyl groups is 1. The van der Waals surface area contributed by atoms with Gasteiger partial charge in [0.25, 0.3) is 0 Å². The first kappa shape index (κ1) is 18.3. The SMILES string of the molecule is CO[C@@H](/C=C\c1csc(-c2csc(C(C)C)n2)n1)[C@@H](C)C(C)O. The van der Waals surface area contributed by atoms with E-state index in [0.717, 1.165) is 21.4 Å². The predicted molar refractivity (Wildman–Crippen MR) is 98.0 cm³/mol. The normalized spacial score (nSPS) is 16.1. The molecule has 0 radical (unpaired) electrons. The summed E-state index contributed by atoms with van der Waals surface area (Å²) in [4.78, 5) is 9.26. The molecule has 0 bridgehead atoms. The summed E-state index contributed by atoms with van der Waals surface area (Å²) in [5.41, 5.74) is 1.84. The minimum absolute atomic E-state index is 0.0292. The Morgan fingerprint density at radius 2 is 1.87 bits per heavy atom. The highest BCUT2D eigenvalue weighted by atomic mass is 32.1. The van der Waals surface area contributed by atoms with Crippen LogP contribution in [0, 0.1) is 5.92 Å². The summed E-state index contributed by atoms with van der Waals surface area (Å²) in [6.07, 6.45) is 3.35. The zero-order chi connectivity index (χ0) is 17.0. The van der Waals surface area contributed by atoms with Gasteiger partial charge in [-0.15, -0.1) is 22.7 Å². The van der Waals surface area contributed by atoms with Gasteiger partial charge in [0.05, 0.1) is 22.9 Å². The monoisotopic (exact) mass is 352 g/mol. The van der Waals surface area contributed by atoms with Crippen LogP contribution >= 0.6 is 22.7 Å². The molecule has 3 atom stereocenters. The third-order valence-electron chi connectivity index (χ3n) is 3.76. The topological polar surface area (TPSA) is 55.2 Å². The Labute approximate surface area is 145 Å². The van der Waals surface area contributed by atoms with Gasteiger partial charge in [-0.1, -0.05) is 26.8 Å². The molecule has 1 unspecified atom stereocenters. The van der Waals surface area contributed by atoms with E-state index < -0.39 is 6.10 Å². The zero-order valence-corrected chi connectivity index (χ0v) is 15.8. The molecule has 0 amide bonds. The van der Waals surface area contributed by atoms with Gasteiger partial charge in [0.1, 0.15) is 10.7 Å². The fourth-order valence-electron chi connectivity index (χ4n) is 2.07. The quantitative estimate of drug-likeness (QED) is 0.800. The van der Waals surface area contributed by atoms with Crippen LogP contribution in [0.25, 0.3) is 16.8 Å². The van der Waals surface area contributed by atoms with Gasteiger partial charge in [0.15, 0.2) is 0 Å². The van der Waals surface area contributed by atoms with Crippen molar-refractivity contribution in [1.82, 2.24) is 9.97 Å². The first-order chi connectivity index (χ1) is 10.9. The lowest BCUT2D eigenvalue weighted by atomic mass is 9.98. The maximum atomic E-state index is 9.68. The van der Waals surface area contributed by atoms with Gasteiger partial charge in [0.2, 0.25) is 0 Å². The van der Waals surface area contributed by atoms with Crippen LogP contribution in [0.5, 0.6) is 0 Å². The number of thiazole rings is 2. The summed E-state index contributed by atoms with van der Waals surface area (Å²) >= 11 is 3.27. The predicted octanol–water partition coefficient (Wildman–Crippen LogP) is 4.44. The van der Waals surface area contributed by atoms with Crippen molar-refractivity contribution in [2.24, 2.45) is 5.92 Å². The number of nitrogens with zero attached hydrogens (tertiary/aromatic N) is 2. The number of aliphatic hydroxyl groups excluding tert-OH is 1. The van der Waals surface area contributed by atoms with Crippen molar-refractivity contribution in [1.29, 1.82) is 0 Å². The minimum Gasteiger partial charge on any atom is -0.393 e. The first-order valence-electron chi connectivity index (χ1n) is 7.72. The molecule has 2 rings (SSSR count). The van der Waals surface area contributed by atoms with Crippen LogP contribution in [-0.2, 0) is 4.74 Å². The Hall–Kier alpha value is -1.08. The summed E-state index contributed by atoms with van der Waals surface area (Å²) in [6, 6.07) is 0. The van der Waals surface area contributed by atoms with Crippen LogP contribution in [-0.4, -0.2) is 34.4 Å². The van der Waals surface area contributed by atoms with Gasteiger partial charge in [-0.25, -0.2) is 9.97 Å². The van der Waals surface area contributed by atoms with Crippen LogP contribution < -0.4 is 0 Å². The molecule has 6 heteroatoms. The van der Waals surface area contributed by atoms with Crippen molar-refractivity contribution in [2.45, 2.75) is 45.8 Å². The number of hydrogen-bond donors (Lipinski definition) is 1. The first-order valence-corrected chi connectivity index (χ1v) is 9.48. The zero-order valence-electron chi connectivity index (χ0n) is 14.2. The Bertz CT molecular complexity index is 647. The molecule has 0 aliphatic rings. The molecule has 0 aliphatic heterocycles. The van der Waals surface area contributed by atoms with E-state index in [-0.39, 0.29) is 12.0 Å². The molecule has 1 N–H and O–H groups in total. The highest BCUT2D eigenvalue weighted by molar-refractivity contribution is 7.14. The Morgan fingerprint density at radius 3 is 2.43 bits per heavy atom. The molecule has 0 saturated carbocycles. The van der Waals surface area contributed by atoms with Gasteiger partial charge in [-0.3, -0.25) is 0 Å². The Kier molecular flexibility index (Phi) is 6.47. The molecular weight excluding hydrogens is 328 g/mol. The van der Waals surface area contributed by atoms with Gasteiger partial charge in [-0.2, -0.15) is 0 Å². The van der Waals surface area contributed by atoms with Gasteiger partial charge < -0.3 is 9.84 Å². The van der Waals surface area contributed by atoms with Crippen molar-refractivity contribution in [3.63, 3.8) is 0 Å². The molecular formula is C17H24N2O2S2. The number of hydrogen-bond acceptors (Lipinski definition) is 6. The highest BCUT2D eigenvalue weighted by Crippen LogP contribution is 2.28. The molecule has 0 aromatic carbocycles. The van der Waals surface area contributed by atoms with Crippen molar-refractivity contribution < 1.29 is 9.84 Å². The average molecular weight is 353 g/mol. The number of ether oxygens (including phenoxy) is 1. The highest BCUT2D eigenvalue weighted by Gasteiger charge is 2.18. The largest absolute Gasteiger partial charge is 0.393 e. The van der Waals surface area contributed by atoms with Crippen molar-refractivity contribution >= 4 is 28.7 Å². The molecule has 2 heterocycles. The molecule has 126 valence electrons. The van der Waals surface area contributed by atoms with E-state index in [1.807, 2.05) is 24.5 Å². The van der Waals surface area contributed by atoms with E-state index in [4.69, 9.17) is 4.74 Å². The molecule has 0 spiro atoms. The second-order valence-electron chi connectivity index (χ2n) is 5.96. The number of aromatic nitrogens is 2. The summed E-state index contributed by atoms with van der Waals surface area (Å²) in [7, 11) is 1.66. The Morgan fingerprint density at radius 1 is 1.13 bits per heavy atom. The van der Waals surface area contributed by atoms with Crippen LogP contribution in [0.2, 0.25) is 0 Å². The van der Waals surface area contributed by atoms with Crippen molar-refractivity contribution in [2.75, 3.05) is 7.11 Å². The van der Waals surface area contributed by atoms with Gasteiger partial charge in [0, 0.05) is 29.7 Å². The number of methoxy groups -OCH3 is 1. The van der Waals surface area contributed by atoms with Crippen LogP contribution in [0.1, 0.15) is 44.3 Å². The van der Waals surface area contributed by atoms with Crippen molar-refractivity contribution in [3.05, 3.63) is 27.5 Å². The summed E-state index contributed by atoms with van der Waals surface area (Å²) < 4.78 is 5.43. The molecule has 2 aromatic rings. The fourth-order valence-corrected chi connectivity index (χ4v) is 3.71. The lowest BCUT2D eigenvalue weighted by Gasteiger charge is -2.21. The van der Waals surface area contributed by atoms with Gasteiger partial charge >= 0.3 is 0 Å². The minimum atomic E-state index is -0.417. The maximum Gasteiger partial charge on any atom is 0.143 e. The van der Waals surface area contributed by atoms with E-state index >= 15 is 0 Å². The smallest absolute Gasteiger partial charge is 0.143 e. The van der Waals surface area contributed by atoms with Crippen molar-refractivity contribution in [3.8, 4) is 10.7 Å². The van der Waals surface area contributed by atoms with Crippen LogP contribution in [0.15, 0.2) is 16.8 Å². The third kappa shape index (κ3) is 4.70. The van der Waals surface area contributed by atoms with Crippen LogP contribution in [0.4, 0.5) is 0 Å². The molecule has 0 fully saturated rings. The molecule has 4 nitrogen and oxygen atoms in total. The standard InChI is InChI=1S/C17H24N2O2S2/c1-10(2)16-19-14(9-23-16)17-18-13(8-22-17)6-7-15(21-5)11(3)12(4)20/h6-12,15,20H,1-5H3/b7-6-/t11-,12?,15-/m0/s1. The fraction of sp³-hybridized carbons (Fsp3) is 0.529. The lowest BCUT2D eigenvalue weighted by molar-refractivity contribution is 0.0285. The Balaban J connectivity index is 2.10. The lowest BCUT2D eigenvalue weighted by Crippen LogP contribution is -2.27. The molecule has 2 aromatic heterocycles. The summed E-state index contributed by atoms with van der Waals surface area (Å²) in [6.45, 7) is 8.04. The van der Waals surface area contributed by atoms with E-state index in [1.54, 1.807) is 36.7 Å². The van der Waals surface area contributed by atoms with E-state index in [2.05, 4.69) is 29.2 Å². The average Bonchev–Trinajstić information content (AvgIpc) is 3.16. The van der Waals surface area contributed by atoms with E-state index in [1.165, 1.54) is 0 Å².